The summed E-state index contributed by atoms with van der Waals surface area (Å²) in [5.41, 5.74) is 7.36. The topological polar surface area (TPSA) is 94.0 Å². The van der Waals surface area contributed by atoms with E-state index >= 15 is 0 Å². The number of carboxylic acid groups (broad SMARTS) is 1. The lowest BCUT2D eigenvalue weighted by Gasteiger charge is -2.22. The molecule has 98 valence electrons. The predicted molar refractivity (Wildman–Crippen MR) is 68.6 cm³/mol. The summed E-state index contributed by atoms with van der Waals surface area (Å²) in [6.45, 7) is 0.731. The second kappa shape index (κ2) is 4.47. The number of aromatic nitrogens is 3. The highest BCUT2D eigenvalue weighted by molar-refractivity contribution is 5.88. The molecule has 0 bridgehead atoms. The van der Waals surface area contributed by atoms with Gasteiger partial charge in [0.2, 0.25) is 0 Å². The zero-order chi connectivity index (χ0) is 13.4. The van der Waals surface area contributed by atoms with E-state index in [-0.39, 0.29) is 11.7 Å². The summed E-state index contributed by atoms with van der Waals surface area (Å²) in [4.78, 5) is 19.8. The Kier molecular flexibility index (Phi) is 2.79. The van der Waals surface area contributed by atoms with Crippen molar-refractivity contribution < 1.29 is 9.90 Å². The summed E-state index contributed by atoms with van der Waals surface area (Å²) in [5.74, 6) is -0.452. The normalized spacial score (nSPS) is 18.1. The summed E-state index contributed by atoms with van der Waals surface area (Å²) in [7, 11) is 0. The Morgan fingerprint density at radius 2 is 2.32 bits per heavy atom. The molecule has 1 unspecified atom stereocenters. The molecular weight excluding hydrogens is 244 g/mol. The van der Waals surface area contributed by atoms with Gasteiger partial charge < -0.3 is 15.4 Å². The van der Waals surface area contributed by atoms with Crippen molar-refractivity contribution in [2.45, 2.75) is 25.4 Å². The van der Waals surface area contributed by atoms with Gasteiger partial charge in [-0.1, -0.05) is 6.07 Å². The number of hydrogen-bond acceptors (Lipinski definition) is 4. The molecule has 0 aliphatic carbocycles. The lowest BCUT2D eigenvalue weighted by Crippen LogP contribution is -2.24. The first-order valence-corrected chi connectivity index (χ1v) is 6.19. The van der Waals surface area contributed by atoms with Gasteiger partial charge in [0.1, 0.15) is 5.69 Å². The number of imidazole rings is 1. The molecule has 0 saturated heterocycles. The lowest BCUT2D eigenvalue weighted by atomic mass is 10.0. The number of nitrogens with two attached hydrogens (primary N) is 1. The van der Waals surface area contributed by atoms with Gasteiger partial charge in [0.25, 0.3) is 0 Å². The van der Waals surface area contributed by atoms with Gasteiger partial charge in [-0.3, -0.25) is 4.98 Å². The second-order valence-electron chi connectivity index (χ2n) is 4.59. The fraction of sp³-hybridized carbons (Fsp3) is 0.308. The first kappa shape index (κ1) is 11.9. The van der Waals surface area contributed by atoms with Crippen LogP contribution in [0.15, 0.2) is 24.4 Å². The molecule has 0 radical (unpaired) electrons. The van der Waals surface area contributed by atoms with Crippen LogP contribution < -0.4 is 5.73 Å². The van der Waals surface area contributed by atoms with Crippen LogP contribution >= 0.6 is 0 Å². The van der Waals surface area contributed by atoms with Crippen molar-refractivity contribution in [3.05, 3.63) is 35.8 Å². The van der Waals surface area contributed by atoms with Crippen LogP contribution in [-0.4, -0.2) is 25.6 Å². The van der Waals surface area contributed by atoms with Gasteiger partial charge in [-0.05, 0) is 25.0 Å². The fourth-order valence-electron chi connectivity index (χ4n) is 2.52. The molecule has 3 heterocycles. The summed E-state index contributed by atoms with van der Waals surface area (Å²) in [5, 5.41) is 9.27. The van der Waals surface area contributed by atoms with Crippen LogP contribution in [-0.2, 0) is 6.54 Å². The molecule has 1 atom stereocenters. The molecule has 0 amide bonds. The van der Waals surface area contributed by atoms with E-state index in [0.717, 1.165) is 19.4 Å². The zero-order valence-corrected chi connectivity index (χ0v) is 10.3. The second-order valence-corrected chi connectivity index (χ2v) is 4.59. The van der Waals surface area contributed by atoms with Gasteiger partial charge in [0, 0.05) is 18.8 Å². The molecule has 6 heteroatoms. The molecule has 0 spiro atoms. The molecule has 0 fully saturated rings. The molecule has 3 rings (SSSR count). The Morgan fingerprint density at radius 1 is 1.47 bits per heavy atom. The highest BCUT2D eigenvalue weighted by atomic mass is 16.4. The smallest absolute Gasteiger partial charge is 0.356 e. The van der Waals surface area contributed by atoms with Gasteiger partial charge in [0.15, 0.2) is 11.5 Å². The molecule has 1 aliphatic heterocycles. The zero-order valence-electron chi connectivity index (χ0n) is 10.3. The Labute approximate surface area is 109 Å². The minimum Gasteiger partial charge on any atom is -0.476 e. The average molecular weight is 258 g/mol. The Hall–Kier alpha value is -2.21. The number of nitrogens with zero attached hydrogens (tertiary/aromatic N) is 3. The van der Waals surface area contributed by atoms with Crippen LogP contribution in [0.1, 0.15) is 35.1 Å². The average Bonchev–Trinajstić information content (AvgIpc) is 2.81. The van der Waals surface area contributed by atoms with E-state index in [2.05, 4.69) is 9.97 Å². The molecule has 0 aromatic carbocycles. The van der Waals surface area contributed by atoms with E-state index in [9.17, 15) is 9.90 Å². The molecule has 1 aliphatic rings. The molecule has 2 aromatic heterocycles. The van der Waals surface area contributed by atoms with Crippen LogP contribution in [0.25, 0.3) is 11.5 Å². The fourth-order valence-corrected chi connectivity index (χ4v) is 2.52. The monoisotopic (exact) mass is 258 g/mol. The Bertz CT molecular complexity index is 621. The van der Waals surface area contributed by atoms with Crippen molar-refractivity contribution in [2.75, 3.05) is 0 Å². The van der Waals surface area contributed by atoms with Crippen molar-refractivity contribution in [1.29, 1.82) is 0 Å². The van der Waals surface area contributed by atoms with Crippen molar-refractivity contribution in [1.82, 2.24) is 14.5 Å². The van der Waals surface area contributed by atoms with E-state index in [1.165, 1.54) is 0 Å². The Balaban J connectivity index is 2.22. The van der Waals surface area contributed by atoms with Gasteiger partial charge in [0.05, 0.1) is 5.69 Å². The molecule has 19 heavy (non-hydrogen) atoms. The van der Waals surface area contributed by atoms with E-state index in [1.54, 1.807) is 6.20 Å². The van der Waals surface area contributed by atoms with Crippen LogP contribution in [0, 0.1) is 0 Å². The largest absolute Gasteiger partial charge is 0.476 e. The van der Waals surface area contributed by atoms with Crippen molar-refractivity contribution in [2.24, 2.45) is 5.73 Å². The van der Waals surface area contributed by atoms with Crippen molar-refractivity contribution >= 4 is 5.97 Å². The molecule has 0 saturated carbocycles. The third-order valence-corrected chi connectivity index (χ3v) is 3.35. The number of carbonyl (C=O) groups is 1. The van der Waals surface area contributed by atoms with Crippen molar-refractivity contribution in [3.8, 4) is 11.5 Å². The lowest BCUT2D eigenvalue weighted by molar-refractivity contribution is 0.0688. The quantitative estimate of drug-likeness (QED) is 0.850. The van der Waals surface area contributed by atoms with Gasteiger partial charge >= 0.3 is 5.97 Å². The summed E-state index contributed by atoms with van der Waals surface area (Å²) < 4.78 is 1.89. The SMILES string of the molecule is NC1CCCn2c(-c3ccccn3)nc(C(=O)O)c21. The van der Waals surface area contributed by atoms with Crippen LogP contribution in [0.2, 0.25) is 0 Å². The van der Waals surface area contributed by atoms with Gasteiger partial charge in [-0.2, -0.15) is 0 Å². The number of fused-ring (bicyclic) bond motifs is 1. The maximum Gasteiger partial charge on any atom is 0.356 e. The summed E-state index contributed by atoms with van der Waals surface area (Å²) in [6.07, 6.45) is 3.37. The van der Waals surface area contributed by atoms with Gasteiger partial charge in [-0.15, -0.1) is 0 Å². The molecule has 2 aromatic rings. The minimum absolute atomic E-state index is 0.0489. The van der Waals surface area contributed by atoms with E-state index < -0.39 is 5.97 Å². The van der Waals surface area contributed by atoms with Crippen LogP contribution in [0.5, 0.6) is 0 Å². The number of carboxylic acids is 1. The van der Waals surface area contributed by atoms with Crippen molar-refractivity contribution in [3.63, 3.8) is 0 Å². The predicted octanol–water partition coefficient (Wildman–Crippen LogP) is 1.44. The van der Waals surface area contributed by atoms with Gasteiger partial charge in [-0.25, -0.2) is 9.78 Å². The third kappa shape index (κ3) is 1.90. The first-order chi connectivity index (χ1) is 9.18. The Morgan fingerprint density at radius 3 is 3.00 bits per heavy atom. The maximum atomic E-state index is 11.3. The van der Waals surface area contributed by atoms with E-state index in [0.29, 0.717) is 17.2 Å². The molecule has 6 nitrogen and oxygen atoms in total. The van der Waals surface area contributed by atoms with E-state index in [1.807, 2.05) is 22.8 Å². The summed E-state index contributed by atoms with van der Waals surface area (Å²) in [6, 6.07) is 5.21. The number of pyridine rings is 1. The summed E-state index contributed by atoms with van der Waals surface area (Å²) >= 11 is 0. The van der Waals surface area contributed by atoms with E-state index in [4.69, 9.17) is 5.73 Å². The maximum absolute atomic E-state index is 11.3. The van der Waals surface area contributed by atoms with Crippen LogP contribution in [0.4, 0.5) is 0 Å². The minimum atomic E-state index is -1.04. The number of rotatable bonds is 2. The number of hydrogen-bond donors (Lipinski definition) is 2. The third-order valence-electron chi connectivity index (χ3n) is 3.35. The molecule has 3 N–H and O–H groups in total. The standard InChI is InChI=1S/C13H14N4O2/c14-8-4-3-7-17-11(8)10(13(18)19)16-12(17)9-5-1-2-6-15-9/h1-2,5-6,8H,3-4,7,14H2,(H,18,19). The first-order valence-electron chi connectivity index (χ1n) is 6.19. The van der Waals surface area contributed by atoms with Crippen LogP contribution in [0.3, 0.4) is 0 Å². The molecular formula is C13H14N4O2. The highest BCUT2D eigenvalue weighted by Crippen LogP contribution is 2.31. The highest BCUT2D eigenvalue weighted by Gasteiger charge is 2.29. The number of aromatic carboxylic acids is 1.